The number of hydrogen-bond acceptors (Lipinski definition) is 4. The standard InChI is InChI=1S/C14H18F2N2O3/c15-12(16)9-21-13-2-1-11(7-17-13)14(20)18-5-3-10(8-19)4-6-18/h1-2,7,10,12,19H,3-6,8-9H2. The number of halogens is 2. The lowest BCUT2D eigenvalue weighted by molar-refractivity contribution is 0.0649. The molecule has 1 fully saturated rings. The van der Waals surface area contributed by atoms with E-state index in [-0.39, 0.29) is 24.3 Å². The summed E-state index contributed by atoms with van der Waals surface area (Å²) in [6.45, 7) is 0.649. The molecule has 0 spiro atoms. The first-order valence-electron chi connectivity index (χ1n) is 6.87. The zero-order valence-corrected chi connectivity index (χ0v) is 11.5. The van der Waals surface area contributed by atoms with Crippen LogP contribution in [-0.4, -0.2) is 53.6 Å². The van der Waals surface area contributed by atoms with Gasteiger partial charge in [0.05, 0.1) is 5.56 Å². The van der Waals surface area contributed by atoms with Crippen LogP contribution < -0.4 is 4.74 Å². The van der Waals surface area contributed by atoms with Gasteiger partial charge in [-0.1, -0.05) is 0 Å². The minimum Gasteiger partial charge on any atom is -0.472 e. The van der Waals surface area contributed by atoms with Gasteiger partial charge in [0.25, 0.3) is 12.3 Å². The van der Waals surface area contributed by atoms with Crippen LogP contribution in [0.1, 0.15) is 23.2 Å². The van der Waals surface area contributed by atoms with Gasteiger partial charge in [-0.05, 0) is 24.8 Å². The number of nitrogens with zero attached hydrogens (tertiary/aromatic N) is 2. The maximum absolute atomic E-state index is 12.2. The first kappa shape index (κ1) is 15.6. The molecular formula is C14H18F2N2O3. The summed E-state index contributed by atoms with van der Waals surface area (Å²) in [5.74, 6) is 0.197. The Morgan fingerprint density at radius 2 is 2.14 bits per heavy atom. The van der Waals surface area contributed by atoms with Crippen molar-refractivity contribution in [3.05, 3.63) is 23.9 Å². The van der Waals surface area contributed by atoms with Crippen molar-refractivity contribution < 1.29 is 23.4 Å². The van der Waals surface area contributed by atoms with Crippen molar-refractivity contribution in [1.82, 2.24) is 9.88 Å². The minimum absolute atomic E-state index is 0.0749. The SMILES string of the molecule is O=C(c1ccc(OCC(F)F)nc1)N1CCC(CO)CC1. The molecule has 1 aromatic rings. The zero-order valence-electron chi connectivity index (χ0n) is 11.5. The number of ether oxygens (including phenoxy) is 1. The fourth-order valence-electron chi connectivity index (χ4n) is 2.24. The first-order valence-corrected chi connectivity index (χ1v) is 6.87. The molecule has 7 heteroatoms. The Kier molecular flexibility index (Phi) is 5.44. The fourth-order valence-corrected chi connectivity index (χ4v) is 2.24. The predicted molar refractivity (Wildman–Crippen MR) is 71.4 cm³/mol. The number of carbonyl (C=O) groups excluding carboxylic acids is 1. The van der Waals surface area contributed by atoms with E-state index in [0.29, 0.717) is 18.7 Å². The van der Waals surface area contributed by atoms with Gasteiger partial charge < -0.3 is 14.7 Å². The van der Waals surface area contributed by atoms with E-state index in [9.17, 15) is 13.6 Å². The summed E-state index contributed by atoms with van der Waals surface area (Å²) < 4.78 is 28.8. The second kappa shape index (κ2) is 7.31. The smallest absolute Gasteiger partial charge is 0.272 e. The molecule has 116 valence electrons. The molecule has 1 N–H and O–H groups in total. The molecule has 1 aliphatic rings. The van der Waals surface area contributed by atoms with Gasteiger partial charge in [0.1, 0.15) is 0 Å². The summed E-state index contributed by atoms with van der Waals surface area (Å²) in [4.78, 5) is 17.8. The van der Waals surface area contributed by atoms with Crippen molar-refractivity contribution in [2.45, 2.75) is 19.3 Å². The van der Waals surface area contributed by atoms with Gasteiger partial charge in [-0.15, -0.1) is 0 Å². The number of pyridine rings is 1. The van der Waals surface area contributed by atoms with Crippen molar-refractivity contribution >= 4 is 5.91 Å². The van der Waals surface area contributed by atoms with E-state index >= 15 is 0 Å². The molecule has 0 radical (unpaired) electrons. The van der Waals surface area contributed by atoms with Crippen molar-refractivity contribution in [1.29, 1.82) is 0 Å². The fraction of sp³-hybridized carbons (Fsp3) is 0.571. The predicted octanol–water partition coefficient (Wildman–Crippen LogP) is 1.57. The van der Waals surface area contributed by atoms with E-state index in [0.717, 1.165) is 12.8 Å². The Labute approximate surface area is 121 Å². The highest BCUT2D eigenvalue weighted by Crippen LogP contribution is 2.19. The molecule has 21 heavy (non-hydrogen) atoms. The summed E-state index contributed by atoms with van der Waals surface area (Å²) in [5, 5.41) is 9.07. The van der Waals surface area contributed by atoms with Gasteiger partial charge >= 0.3 is 0 Å². The zero-order chi connectivity index (χ0) is 15.2. The van der Waals surface area contributed by atoms with Gasteiger partial charge in [0, 0.05) is 32.0 Å². The average Bonchev–Trinajstić information content (AvgIpc) is 2.53. The summed E-state index contributed by atoms with van der Waals surface area (Å²) >= 11 is 0. The third-order valence-electron chi connectivity index (χ3n) is 3.50. The number of amides is 1. The topological polar surface area (TPSA) is 62.7 Å². The van der Waals surface area contributed by atoms with Crippen molar-refractivity contribution in [3.8, 4) is 5.88 Å². The largest absolute Gasteiger partial charge is 0.472 e. The summed E-state index contributed by atoms with van der Waals surface area (Å²) in [5.41, 5.74) is 0.404. The third kappa shape index (κ3) is 4.35. The summed E-state index contributed by atoms with van der Waals surface area (Å²) in [6, 6.07) is 2.93. The van der Waals surface area contributed by atoms with Gasteiger partial charge in [0.15, 0.2) is 6.61 Å². The first-order chi connectivity index (χ1) is 10.1. The van der Waals surface area contributed by atoms with Crippen LogP contribution >= 0.6 is 0 Å². The molecule has 2 rings (SSSR count). The molecule has 0 bridgehead atoms. The highest BCUT2D eigenvalue weighted by molar-refractivity contribution is 5.94. The van der Waals surface area contributed by atoms with Gasteiger partial charge in [-0.3, -0.25) is 4.79 Å². The second-order valence-corrected chi connectivity index (χ2v) is 5.01. The lowest BCUT2D eigenvalue weighted by Gasteiger charge is -2.31. The maximum atomic E-state index is 12.2. The number of piperidine rings is 1. The van der Waals surface area contributed by atoms with Crippen molar-refractivity contribution in [3.63, 3.8) is 0 Å². The highest BCUT2D eigenvalue weighted by Gasteiger charge is 2.23. The molecule has 1 aromatic heterocycles. The van der Waals surface area contributed by atoms with E-state index in [4.69, 9.17) is 9.84 Å². The molecule has 0 aliphatic carbocycles. The highest BCUT2D eigenvalue weighted by atomic mass is 19.3. The Hall–Kier alpha value is -1.76. The van der Waals surface area contributed by atoms with Crippen LogP contribution in [0.2, 0.25) is 0 Å². The monoisotopic (exact) mass is 300 g/mol. The van der Waals surface area contributed by atoms with Crippen LogP contribution in [0.3, 0.4) is 0 Å². The molecule has 5 nitrogen and oxygen atoms in total. The maximum Gasteiger partial charge on any atom is 0.272 e. The molecule has 2 heterocycles. The summed E-state index contributed by atoms with van der Waals surface area (Å²) in [6.07, 6.45) is 0.346. The molecule has 1 amide bonds. The number of aliphatic hydroxyl groups is 1. The molecule has 0 unspecified atom stereocenters. The van der Waals surface area contributed by atoms with Crippen LogP contribution in [0.5, 0.6) is 5.88 Å². The molecular weight excluding hydrogens is 282 g/mol. The van der Waals surface area contributed by atoms with Crippen molar-refractivity contribution in [2.24, 2.45) is 5.92 Å². The van der Waals surface area contributed by atoms with E-state index < -0.39 is 13.0 Å². The number of carbonyl (C=O) groups is 1. The Morgan fingerprint density at radius 1 is 1.43 bits per heavy atom. The van der Waals surface area contributed by atoms with Crippen LogP contribution in [0, 0.1) is 5.92 Å². The van der Waals surface area contributed by atoms with E-state index in [1.807, 2.05) is 0 Å². The molecule has 0 saturated carbocycles. The lowest BCUT2D eigenvalue weighted by atomic mass is 9.97. The summed E-state index contributed by atoms with van der Waals surface area (Å²) in [7, 11) is 0. The quantitative estimate of drug-likeness (QED) is 0.896. The number of aromatic nitrogens is 1. The van der Waals surface area contributed by atoms with Gasteiger partial charge in [0.2, 0.25) is 5.88 Å². The lowest BCUT2D eigenvalue weighted by Crippen LogP contribution is -2.39. The molecule has 0 atom stereocenters. The minimum atomic E-state index is -2.55. The van der Waals surface area contributed by atoms with Gasteiger partial charge in [-0.2, -0.15) is 0 Å². The number of rotatable bonds is 5. The third-order valence-corrected chi connectivity index (χ3v) is 3.50. The molecule has 1 aliphatic heterocycles. The van der Waals surface area contributed by atoms with Crippen molar-refractivity contribution in [2.75, 3.05) is 26.3 Å². The van der Waals surface area contributed by atoms with E-state index in [1.165, 1.54) is 18.3 Å². The van der Waals surface area contributed by atoms with Crippen LogP contribution in [0.4, 0.5) is 8.78 Å². The average molecular weight is 300 g/mol. The Balaban J connectivity index is 1.91. The Morgan fingerprint density at radius 3 is 2.67 bits per heavy atom. The van der Waals surface area contributed by atoms with Crippen LogP contribution in [0.25, 0.3) is 0 Å². The number of aliphatic hydroxyl groups excluding tert-OH is 1. The molecule has 1 saturated heterocycles. The Bertz CT molecular complexity index is 460. The second-order valence-electron chi connectivity index (χ2n) is 5.01. The van der Waals surface area contributed by atoms with E-state index in [2.05, 4.69) is 4.98 Å². The molecule has 0 aromatic carbocycles. The van der Waals surface area contributed by atoms with E-state index in [1.54, 1.807) is 4.90 Å². The number of alkyl halides is 2. The van der Waals surface area contributed by atoms with Gasteiger partial charge in [-0.25, -0.2) is 13.8 Å². The number of likely N-dealkylation sites (tertiary alicyclic amines) is 1. The van der Waals surface area contributed by atoms with Crippen LogP contribution in [-0.2, 0) is 0 Å². The number of hydrogen-bond donors (Lipinski definition) is 1. The normalized spacial score (nSPS) is 16.3. The van der Waals surface area contributed by atoms with Crippen LogP contribution in [0.15, 0.2) is 18.3 Å².